The highest BCUT2D eigenvalue weighted by Crippen LogP contribution is 2.28. The van der Waals surface area contributed by atoms with Gasteiger partial charge in [0, 0.05) is 0 Å². The van der Waals surface area contributed by atoms with E-state index in [2.05, 4.69) is 4.99 Å². The van der Waals surface area contributed by atoms with Gasteiger partial charge in [-0.3, -0.25) is 19.9 Å². The van der Waals surface area contributed by atoms with E-state index in [1.54, 1.807) is 18.2 Å². The van der Waals surface area contributed by atoms with E-state index in [-0.39, 0.29) is 11.6 Å². The van der Waals surface area contributed by atoms with E-state index in [0.717, 1.165) is 5.39 Å². The number of nitro groups is 1. The second kappa shape index (κ2) is 5.72. The SMILES string of the molecule is NC(=O)c1c(N=Cc2ccc([N+](=O)[O-])o2)ccc2ccccc12. The number of fused-ring (bicyclic) bond motifs is 1. The van der Waals surface area contributed by atoms with Gasteiger partial charge in [-0.15, -0.1) is 0 Å². The van der Waals surface area contributed by atoms with Gasteiger partial charge >= 0.3 is 5.88 Å². The van der Waals surface area contributed by atoms with E-state index in [9.17, 15) is 14.9 Å². The van der Waals surface area contributed by atoms with Crippen molar-refractivity contribution in [3.8, 4) is 0 Å². The third-order valence-electron chi connectivity index (χ3n) is 3.28. The van der Waals surface area contributed by atoms with Gasteiger partial charge in [0.05, 0.1) is 23.5 Å². The molecular formula is C16H11N3O4. The molecule has 7 heteroatoms. The molecule has 7 nitrogen and oxygen atoms in total. The molecule has 1 amide bonds. The molecule has 0 saturated heterocycles. The van der Waals surface area contributed by atoms with Gasteiger partial charge in [-0.25, -0.2) is 0 Å². The van der Waals surface area contributed by atoms with Gasteiger partial charge in [0.2, 0.25) is 0 Å². The first-order valence-corrected chi connectivity index (χ1v) is 6.66. The Morgan fingerprint density at radius 1 is 1.17 bits per heavy atom. The summed E-state index contributed by atoms with van der Waals surface area (Å²) in [6.07, 6.45) is 1.31. The smallest absolute Gasteiger partial charge is 0.400 e. The van der Waals surface area contributed by atoms with Crippen LogP contribution in [0, 0.1) is 10.1 Å². The number of hydrogen-bond donors (Lipinski definition) is 1. The van der Waals surface area contributed by atoms with Gasteiger partial charge in [-0.2, -0.15) is 0 Å². The molecule has 0 spiro atoms. The summed E-state index contributed by atoms with van der Waals surface area (Å²) in [7, 11) is 0. The Kier molecular flexibility index (Phi) is 3.60. The lowest BCUT2D eigenvalue weighted by Gasteiger charge is -2.06. The molecule has 1 aromatic heterocycles. The van der Waals surface area contributed by atoms with Crippen molar-refractivity contribution < 1.29 is 14.1 Å². The Hall–Kier alpha value is -3.48. The molecule has 0 unspecified atom stereocenters. The number of primary amides is 1. The number of carbonyl (C=O) groups excluding carboxylic acids is 1. The van der Waals surface area contributed by atoms with E-state index in [0.29, 0.717) is 16.6 Å². The van der Waals surface area contributed by atoms with Gasteiger partial charge in [0.1, 0.15) is 4.92 Å². The molecule has 2 aromatic carbocycles. The lowest BCUT2D eigenvalue weighted by atomic mass is 10.0. The molecule has 0 saturated carbocycles. The molecule has 2 N–H and O–H groups in total. The predicted molar refractivity (Wildman–Crippen MR) is 85.1 cm³/mol. The summed E-state index contributed by atoms with van der Waals surface area (Å²) < 4.78 is 4.99. The van der Waals surface area contributed by atoms with Crippen molar-refractivity contribution >= 4 is 34.5 Å². The summed E-state index contributed by atoms with van der Waals surface area (Å²) in [6, 6.07) is 13.5. The minimum atomic E-state index is -0.637. The molecule has 0 aliphatic rings. The van der Waals surface area contributed by atoms with Crippen LogP contribution in [0.2, 0.25) is 0 Å². The summed E-state index contributed by atoms with van der Waals surface area (Å²) in [5, 5.41) is 12.1. The van der Waals surface area contributed by atoms with Crippen LogP contribution in [0.5, 0.6) is 0 Å². The number of furan rings is 1. The summed E-state index contributed by atoms with van der Waals surface area (Å²) in [5.74, 6) is -0.764. The predicted octanol–water partition coefficient (Wildman–Crippen LogP) is 3.19. The maximum atomic E-state index is 11.8. The van der Waals surface area contributed by atoms with Gasteiger partial charge in [0.15, 0.2) is 5.76 Å². The number of benzene rings is 2. The lowest BCUT2D eigenvalue weighted by molar-refractivity contribution is -0.402. The van der Waals surface area contributed by atoms with Crippen LogP contribution in [0.3, 0.4) is 0 Å². The number of aliphatic imine (C=N–C) groups is 1. The summed E-state index contributed by atoms with van der Waals surface area (Å²) in [6.45, 7) is 0. The van der Waals surface area contributed by atoms with E-state index < -0.39 is 10.8 Å². The topological polar surface area (TPSA) is 112 Å². The molecule has 0 aliphatic carbocycles. The highest BCUT2D eigenvalue weighted by atomic mass is 16.6. The molecule has 0 radical (unpaired) electrons. The largest absolute Gasteiger partial charge is 0.433 e. The number of hydrogen-bond acceptors (Lipinski definition) is 5. The van der Waals surface area contributed by atoms with Crippen LogP contribution in [0.1, 0.15) is 16.1 Å². The molecule has 23 heavy (non-hydrogen) atoms. The van der Waals surface area contributed by atoms with Gasteiger partial charge < -0.3 is 10.2 Å². The van der Waals surface area contributed by atoms with Crippen LogP contribution in [-0.2, 0) is 0 Å². The van der Waals surface area contributed by atoms with Crippen LogP contribution < -0.4 is 5.73 Å². The maximum absolute atomic E-state index is 11.8. The van der Waals surface area contributed by atoms with Crippen molar-refractivity contribution in [2.45, 2.75) is 0 Å². The minimum absolute atomic E-state index is 0.209. The van der Waals surface area contributed by atoms with Crippen LogP contribution in [0.4, 0.5) is 11.6 Å². The van der Waals surface area contributed by atoms with Gasteiger partial charge in [0.25, 0.3) is 5.91 Å². The average Bonchev–Trinajstić information content (AvgIpc) is 3.01. The van der Waals surface area contributed by atoms with Crippen LogP contribution in [0.25, 0.3) is 10.8 Å². The number of nitrogens with zero attached hydrogens (tertiary/aromatic N) is 2. The van der Waals surface area contributed by atoms with E-state index in [1.165, 1.54) is 18.3 Å². The fraction of sp³-hybridized carbons (Fsp3) is 0. The van der Waals surface area contributed by atoms with Crippen LogP contribution >= 0.6 is 0 Å². The zero-order valence-corrected chi connectivity index (χ0v) is 11.8. The third-order valence-corrected chi connectivity index (χ3v) is 3.28. The van der Waals surface area contributed by atoms with Crippen molar-refractivity contribution in [3.63, 3.8) is 0 Å². The third kappa shape index (κ3) is 2.80. The molecule has 0 aliphatic heterocycles. The fourth-order valence-corrected chi connectivity index (χ4v) is 2.27. The molecule has 0 atom stereocenters. The Morgan fingerprint density at radius 2 is 1.96 bits per heavy atom. The van der Waals surface area contributed by atoms with E-state index >= 15 is 0 Å². The van der Waals surface area contributed by atoms with Crippen molar-refractivity contribution in [2.24, 2.45) is 10.7 Å². The maximum Gasteiger partial charge on any atom is 0.433 e. The van der Waals surface area contributed by atoms with E-state index in [4.69, 9.17) is 10.2 Å². The normalized spacial score (nSPS) is 11.1. The first-order chi connectivity index (χ1) is 11.1. The van der Waals surface area contributed by atoms with Crippen molar-refractivity contribution in [1.29, 1.82) is 0 Å². The number of carbonyl (C=O) groups is 1. The molecule has 3 rings (SSSR count). The van der Waals surface area contributed by atoms with Gasteiger partial charge in [-0.05, 0) is 22.9 Å². The number of amides is 1. The molecule has 114 valence electrons. The zero-order valence-electron chi connectivity index (χ0n) is 11.8. The second-order valence-electron chi connectivity index (χ2n) is 4.74. The fourth-order valence-electron chi connectivity index (χ4n) is 2.27. The molecule has 0 bridgehead atoms. The van der Waals surface area contributed by atoms with Crippen molar-refractivity contribution in [3.05, 3.63) is 70.0 Å². The summed E-state index contributed by atoms with van der Waals surface area (Å²) in [5.41, 5.74) is 6.13. The monoisotopic (exact) mass is 309 g/mol. The zero-order chi connectivity index (χ0) is 16.4. The molecule has 1 heterocycles. The van der Waals surface area contributed by atoms with Crippen LogP contribution in [-0.4, -0.2) is 17.0 Å². The minimum Gasteiger partial charge on any atom is -0.400 e. The summed E-state index contributed by atoms with van der Waals surface area (Å²) >= 11 is 0. The molecular weight excluding hydrogens is 298 g/mol. The standard InChI is InChI=1S/C16H11N3O4/c17-16(20)15-12-4-2-1-3-10(12)5-7-13(15)18-9-11-6-8-14(23-11)19(21)22/h1-9H,(H2,17,20). The summed E-state index contributed by atoms with van der Waals surface area (Å²) in [4.78, 5) is 25.9. The quantitative estimate of drug-likeness (QED) is 0.453. The second-order valence-corrected chi connectivity index (χ2v) is 4.74. The first-order valence-electron chi connectivity index (χ1n) is 6.66. The Bertz CT molecular complexity index is 943. The van der Waals surface area contributed by atoms with Crippen LogP contribution in [0.15, 0.2) is 57.9 Å². The van der Waals surface area contributed by atoms with Crippen molar-refractivity contribution in [1.82, 2.24) is 0 Å². The Labute approximate surface area is 130 Å². The van der Waals surface area contributed by atoms with Gasteiger partial charge in [-0.1, -0.05) is 30.3 Å². The number of rotatable bonds is 4. The molecule has 3 aromatic rings. The lowest BCUT2D eigenvalue weighted by Crippen LogP contribution is -2.11. The average molecular weight is 309 g/mol. The van der Waals surface area contributed by atoms with E-state index in [1.807, 2.05) is 18.2 Å². The highest BCUT2D eigenvalue weighted by molar-refractivity contribution is 6.11. The Morgan fingerprint density at radius 3 is 2.65 bits per heavy atom. The van der Waals surface area contributed by atoms with Crippen molar-refractivity contribution in [2.75, 3.05) is 0 Å². The number of nitrogens with two attached hydrogens (primary N) is 1. The first kappa shape index (κ1) is 14.5. The highest BCUT2D eigenvalue weighted by Gasteiger charge is 2.13. The molecule has 0 fully saturated rings. The Balaban J connectivity index is 2.05.